The molecule has 0 aliphatic carbocycles. The van der Waals surface area contributed by atoms with Crippen LogP contribution in [0.15, 0.2) is 29.2 Å². The van der Waals surface area contributed by atoms with E-state index >= 15 is 0 Å². The van der Waals surface area contributed by atoms with Crippen LogP contribution in [0.1, 0.15) is 13.3 Å². The number of methoxy groups -OCH3 is 1. The molecule has 1 aromatic rings. The van der Waals surface area contributed by atoms with Gasteiger partial charge in [0.1, 0.15) is 4.90 Å². The molecular weight excluding hydrogens is 322 g/mol. The van der Waals surface area contributed by atoms with Gasteiger partial charge in [0.15, 0.2) is 11.5 Å². The van der Waals surface area contributed by atoms with E-state index in [9.17, 15) is 18.5 Å². The largest absolute Gasteiger partial charge is 0.492 e. The summed E-state index contributed by atoms with van der Waals surface area (Å²) in [7, 11) is 2.28. The number of hydrogen-bond donors (Lipinski definition) is 0. The first-order valence-electron chi connectivity index (χ1n) is 5.75. The highest BCUT2D eigenvalue weighted by atomic mass is 35.7. The molecule has 1 aromatic carbocycles. The van der Waals surface area contributed by atoms with Gasteiger partial charge in [-0.3, -0.25) is 10.1 Å². The lowest BCUT2D eigenvalue weighted by Crippen LogP contribution is -2.04. The first kappa shape index (κ1) is 17.3. The molecule has 0 bridgehead atoms. The van der Waals surface area contributed by atoms with E-state index in [1.165, 1.54) is 7.11 Å². The van der Waals surface area contributed by atoms with E-state index in [2.05, 4.69) is 6.58 Å². The molecule has 116 valence electrons. The summed E-state index contributed by atoms with van der Waals surface area (Å²) in [5.74, 6) is -0.232. The predicted octanol–water partition coefficient (Wildman–Crippen LogP) is 2.88. The Morgan fingerprint density at radius 2 is 2.10 bits per heavy atom. The van der Waals surface area contributed by atoms with Crippen LogP contribution in [0, 0.1) is 10.1 Å². The zero-order valence-electron chi connectivity index (χ0n) is 11.5. The highest BCUT2D eigenvalue weighted by Crippen LogP contribution is 2.39. The first-order valence-corrected chi connectivity index (χ1v) is 8.06. The maximum atomic E-state index is 11.5. The molecular formula is C12H14ClNO6S. The molecule has 0 aliphatic heterocycles. The van der Waals surface area contributed by atoms with Gasteiger partial charge in [0.2, 0.25) is 0 Å². The van der Waals surface area contributed by atoms with Gasteiger partial charge in [-0.25, -0.2) is 8.42 Å². The number of ether oxygens (including phenoxy) is 2. The van der Waals surface area contributed by atoms with Gasteiger partial charge in [-0.2, -0.15) is 0 Å². The lowest BCUT2D eigenvalue weighted by atomic mass is 10.2. The number of rotatable bonds is 7. The SMILES string of the molecule is C=C(C)CCOc1cc([N+](=O)[O-])cc(S(=O)(=O)Cl)c1OC. The summed E-state index contributed by atoms with van der Waals surface area (Å²) in [5.41, 5.74) is 0.393. The van der Waals surface area contributed by atoms with Gasteiger partial charge in [-0.1, -0.05) is 5.57 Å². The summed E-state index contributed by atoms with van der Waals surface area (Å²) in [6.07, 6.45) is 0.509. The third-order valence-electron chi connectivity index (χ3n) is 2.47. The average molecular weight is 336 g/mol. The van der Waals surface area contributed by atoms with E-state index in [0.717, 1.165) is 17.7 Å². The predicted molar refractivity (Wildman–Crippen MR) is 77.6 cm³/mol. The van der Waals surface area contributed by atoms with Crippen LogP contribution >= 0.6 is 10.7 Å². The van der Waals surface area contributed by atoms with Crippen molar-refractivity contribution in [3.63, 3.8) is 0 Å². The van der Waals surface area contributed by atoms with Crippen LogP contribution in [-0.2, 0) is 9.05 Å². The fourth-order valence-corrected chi connectivity index (χ4v) is 2.50. The molecule has 1 rings (SSSR count). The molecule has 0 spiro atoms. The van der Waals surface area contributed by atoms with Crippen molar-refractivity contribution >= 4 is 25.4 Å². The number of hydrogen-bond acceptors (Lipinski definition) is 6. The molecule has 0 N–H and O–H groups in total. The Balaban J connectivity index is 3.35. The van der Waals surface area contributed by atoms with Crippen molar-refractivity contribution in [1.29, 1.82) is 0 Å². The molecule has 0 aromatic heterocycles. The van der Waals surface area contributed by atoms with E-state index in [1.54, 1.807) is 6.92 Å². The van der Waals surface area contributed by atoms with E-state index in [4.69, 9.17) is 20.2 Å². The highest BCUT2D eigenvalue weighted by Gasteiger charge is 2.26. The van der Waals surface area contributed by atoms with Crippen molar-refractivity contribution in [2.45, 2.75) is 18.2 Å². The minimum atomic E-state index is -4.22. The monoisotopic (exact) mass is 335 g/mol. The second-order valence-electron chi connectivity index (χ2n) is 4.23. The third-order valence-corrected chi connectivity index (χ3v) is 3.80. The van der Waals surface area contributed by atoms with Crippen molar-refractivity contribution in [2.24, 2.45) is 0 Å². The fraction of sp³-hybridized carbons (Fsp3) is 0.333. The van der Waals surface area contributed by atoms with Gasteiger partial charge in [-0.05, 0) is 6.92 Å². The maximum absolute atomic E-state index is 11.5. The molecule has 0 heterocycles. The molecule has 21 heavy (non-hydrogen) atoms. The number of nitrogens with zero attached hydrogens (tertiary/aromatic N) is 1. The molecule has 0 atom stereocenters. The van der Waals surface area contributed by atoms with Gasteiger partial charge in [0.05, 0.1) is 24.7 Å². The van der Waals surface area contributed by atoms with E-state index in [1.807, 2.05) is 0 Å². The summed E-state index contributed by atoms with van der Waals surface area (Å²) in [5, 5.41) is 10.9. The van der Waals surface area contributed by atoms with E-state index in [-0.39, 0.29) is 18.1 Å². The average Bonchev–Trinajstić information content (AvgIpc) is 2.36. The van der Waals surface area contributed by atoms with Crippen molar-refractivity contribution < 1.29 is 22.8 Å². The van der Waals surface area contributed by atoms with Crippen molar-refractivity contribution in [2.75, 3.05) is 13.7 Å². The first-order chi connectivity index (χ1) is 9.66. The molecule has 0 fully saturated rings. The van der Waals surface area contributed by atoms with Gasteiger partial charge in [0, 0.05) is 23.2 Å². The molecule has 9 heteroatoms. The minimum Gasteiger partial charge on any atom is -0.492 e. The Morgan fingerprint density at radius 1 is 1.48 bits per heavy atom. The summed E-state index contributed by atoms with van der Waals surface area (Å²) in [6.45, 7) is 5.66. The molecule has 7 nitrogen and oxygen atoms in total. The Kier molecular flexibility index (Phi) is 5.56. The Labute approximate surface area is 126 Å². The van der Waals surface area contributed by atoms with Crippen LogP contribution in [0.25, 0.3) is 0 Å². The van der Waals surface area contributed by atoms with Gasteiger partial charge in [0.25, 0.3) is 14.7 Å². The smallest absolute Gasteiger partial charge is 0.274 e. The standard InChI is InChI=1S/C12H14ClNO6S/c1-8(2)4-5-20-10-6-9(14(15)16)7-11(12(10)19-3)21(13,17)18/h6-7H,1,4-5H2,2-3H3. The molecule has 0 amide bonds. The number of nitro benzene ring substituents is 1. The van der Waals surface area contributed by atoms with Gasteiger partial charge in [-0.15, -0.1) is 6.58 Å². The van der Waals surface area contributed by atoms with Crippen LogP contribution in [0.5, 0.6) is 11.5 Å². The quantitative estimate of drug-likeness (QED) is 0.329. The van der Waals surface area contributed by atoms with E-state index < -0.39 is 24.6 Å². The molecule has 0 unspecified atom stereocenters. The molecule has 0 aliphatic rings. The van der Waals surface area contributed by atoms with Crippen molar-refractivity contribution in [1.82, 2.24) is 0 Å². The Hall–Kier alpha value is -1.80. The minimum absolute atomic E-state index is 0.0628. The highest BCUT2D eigenvalue weighted by molar-refractivity contribution is 8.13. The topological polar surface area (TPSA) is 95.7 Å². The van der Waals surface area contributed by atoms with Gasteiger partial charge >= 0.3 is 0 Å². The third kappa shape index (κ3) is 4.61. The number of nitro groups is 1. The lowest BCUT2D eigenvalue weighted by molar-refractivity contribution is -0.385. The fourth-order valence-electron chi connectivity index (χ4n) is 1.49. The zero-order valence-corrected chi connectivity index (χ0v) is 13.0. The zero-order chi connectivity index (χ0) is 16.2. The summed E-state index contributed by atoms with van der Waals surface area (Å²) >= 11 is 0. The number of non-ortho nitro benzene ring substituents is 1. The number of halogens is 1. The van der Waals surface area contributed by atoms with Crippen LogP contribution in [0.2, 0.25) is 0 Å². The Morgan fingerprint density at radius 3 is 2.52 bits per heavy atom. The lowest BCUT2D eigenvalue weighted by Gasteiger charge is -2.13. The second kappa shape index (κ2) is 6.77. The van der Waals surface area contributed by atoms with Crippen molar-refractivity contribution in [3.05, 3.63) is 34.4 Å². The van der Waals surface area contributed by atoms with Crippen LogP contribution in [0.4, 0.5) is 5.69 Å². The van der Waals surface area contributed by atoms with Crippen LogP contribution in [-0.4, -0.2) is 27.1 Å². The Bertz CT molecular complexity index is 671. The van der Waals surface area contributed by atoms with E-state index in [0.29, 0.717) is 6.42 Å². The molecule has 0 saturated carbocycles. The summed E-state index contributed by atoms with van der Waals surface area (Å²) < 4.78 is 33.3. The van der Waals surface area contributed by atoms with Crippen molar-refractivity contribution in [3.8, 4) is 11.5 Å². The van der Waals surface area contributed by atoms with Crippen LogP contribution in [0.3, 0.4) is 0 Å². The number of benzene rings is 1. The summed E-state index contributed by atoms with van der Waals surface area (Å²) in [6, 6.07) is 1.91. The maximum Gasteiger partial charge on any atom is 0.274 e. The molecule has 0 radical (unpaired) electrons. The molecule has 0 saturated heterocycles. The summed E-state index contributed by atoms with van der Waals surface area (Å²) in [4.78, 5) is 9.62. The normalized spacial score (nSPS) is 11.0. The van der Waals surface area contributed by atoms with Gasteiger partial charge < -0.3 is 9.47 Å². The van der Waals surface area contributed by atoms with Crippen LogP contribution < -0.4 is 9.47 Å². The second-order valence-corrected chi connectivity index (χ2v) is 6.76.